The summed E-state index contributed by atoms with van der Waals surface area (Å²) in [5, 5.41) is 7.65. The first-order valence-corrected chi connectivity index (χ1v) is 10.1. The van der Waals surface area contributed by atoms with Crippen molar-refractivity contribution in [3.63, 3.8) is 0 Å². The van der Waals surface area contributed by atoms with Crippen molar-refractivity contribution in [3.05, 3.63) is 23.4 Å². The van der Waals surface area contributed by atoms with Crippen LogP contribution in [0.3, 0.4) is 0 Å². The standard InChI is InChI=1S/C19H33ClN6.HI/c1-5-21-19(23-13-15(4)25(6-2)7-3)24-16-10-12-26(14-16)18-17(20)9-8-11-22-18;/h8-9,11,15-16H,5-7,10,12-14H2,1-4H3,(H2,21,23,24);1H. The number of rotatable bonds is 8. The molecule has 6 nitrogen and oxygen atoms in total. The zero-order valence-electron chi connectivity index (χ0n) is 16.9. The molecule has 2 atom stereocenters. The van der Waals surface area contributed by atoms with Gasteiger partial charge in [0.15, 0.2) is 5.96 Å². The van der Waals surface area contributed by atoms with Crippen LogP contribution in [0.1, 0.15) is 34.1 Å². The number of anilines is 1. The number of aliphatic imine (C=N–C) groups is 1. The first-order valence-electron chi connectivity index (χ1n) is 9.73. The number of nitrogens with zero attached hydrogens (tertiary/aromatic N) is 4. The fraction of sp³-hybridized carbons (Fsp3) is 0.684. The number of hydrogen-bond donors (Lipinski definition) is 2. The van der Waals surface area contributed by atoms with Crippen LogP contribution in [0.4, 0.5) is 5.82 Å². The normalized spacial score (nSPS) is 18.4. The fourth-order valence-corrected chi connectivity index (χ4v) is 3.62. The molecule has 0 bridgehead atoms. The van der Waals surface area contributed by atoms with Crippen LogP contribution < -0.4 is 15.5 Å². The summed E-state index contributed by atoms with van der Waals surface area (Å²) in [7, 11) is 0. The largest absolute Gasteiger partial charge is 0.357 e. The number of aromatic nitrogens is 1. The molecule has 2 heterocycles. The zero-order chi connectivity index (χ0) is 18.9. The Morgan fingerprint density at radius 1 is 1.41 bits per heavy atom. The van der Waals surface area contributed by atoms with E-state index in [1.165, 1.54) is 0 Å². The van der Waals surface area contributed by atoms with Gasteiger partial charge in [-0.25, -0.2) is 4.98 Å². The molecule has 1 fully saturated rings. The van der Waals surface area contributed by atoms with Crippen molar-refractivity contribution in [1.29, 1.82) is 0 Å². The van der Waals surface area contributed by atoms with Gasteiger partial charge in [-0.2, -0.15) is 0 Å². The van der Waals surface area contributed by atoms with Crippen molar-refractivity contribution in [3.8, 4) is 0 Å². The van der Waals surface area contributed by atoms with Crippen molar-refractivity contribution in [2.24, 2.45) is 4.99 Å². The highest BCUT2D eigenvalue weighted by atomic mass is 127. The average molecular weight is 509 g/mol. The molecular formula is C19H34ClIN6. The van der Waals surface area contributed by atoms with Crippen molar-refractivity contribution in [1.82, 2.24) is 20.5 Å². The van der Waals surface area contributed by atoms with E-state index in [1.54, 1.807) is 6.20 Å². The van der Waals surface area contributed by atoms with Gasteiger partial charge in [0.2, 0.25) is 0 Å². The van der Waals surface area contributed by atoms with Gasteiger partial charge in [0, 0.05) is 37.9 Å². The predicted octanol–water partition coefficient (Wildman–Crippen LogP) is 3.22. The molecule has 2 unspecified atom stereocenters. The Morgan fingerprint density at radius 3 is 2.78 bits per heavy atom. The Hall–Kier alpha value is -0.800. The third-order valence-corrected chi connectivity index (χ3v) is 5.16. The SMILES string of the molecule is CCNC(=NCC(C)N(CC)CC)NC1CCN(c2ncccc2Cl)C1.I. The minimum absolute atomic E-state index is 0. The predicted molar refractivity (Wildman–Crippen MR) is 127 cm³/mol. The molecular weight excluding hydrogens is 475 g/mol. The van der Waals surface area contributed by atoms with E-state index in [2.05, 4.69) is 53.1 Å². The smallest absolute Gasteiger partial charge is 0.191 e. The number of pyridine rings is 1. The maximum atomic E-state index is 6.28. The first-order chi connectivity index (χ1) is 12.6. The minimum atomic E-state index is 0. The second-order valence-electron chi connectivity index (χ2n) is 6.67. The van der Waals surface area contributed by atoms with Crippen LogP contribution in [0, 0.1) is 0 Å². The van der Waals surface area contributed by atoms with Gasteiger partial charge >= 0.3 is 0 Å². The highest BCUT2D eigenvalue weighted by Crippen LogP contribution is 2.25. The second-order valence-corrected chi connectivity index (χ2v) is 7.08. The highest BCUT2D eigenvalue weighted by Gasteiger charge is 2.25. The molecule has 0 radical (unpaired) electrons. The Bertz CT molecular complexity index is 581. The zero-order valence-corrected chi connectivity index (χ0v) is 20.0. The molecule has 0 amide bonds. The summed E-state index contributed by atoms with van der Waals surface area (Å²) in [6.45, 7) is 14.3. The molecule has 154 valence electrons. The molecule has 0 aromatic carbocycles. The maximum absolute atomic E-state index is 6.28. The Kier molecular flexibility index (Phi) is 11.3. The molecule has 1 aromatic rings. The molecule has 0 spiro atoms. The van der Waals surface area contributed by atoms with E-state index in [0.717, 1.165) is 57.5 Å². The third kappa shape index (κ3) is 7.27. The Labute approximate surface area is 186 Å². The summed E-state index contributed by atoms with van der Waals surface area (Å²) in [6, 6.07) is 4.54. The fourth-order valence-electron chi connectivity index (χ4n) is 3.38. The molecule has 1 aliphatic heterocycles. The molecule has 0 saturated carbocycles. The summed E-state index contributed by atoms with van der Waals surface area (Å²) in [5.41, 5.74) is 0. The van der Waals surface area contributed by atoms with Crippen LogP contribution in [0.15, 0.2) is 23.3 Å². The Balaban J connectivity index is 0.00000364. The molecule has 2 rings (SSSR count). The number of hydrogen-bond acceptors (Lipinski definition) is 4. The average Bonchev–Trinajstić information content (AvgIpc) is 3.09. The van der Waals surface area contributed by atoms with E-state index >= 15 is 0 Å². The summed E-state index contributed by atoms with van der Waals surface area (Å²) in [6.07, 6.45) is 2.84. The lowest BCUT2D eigenvalue weighted by Crippen LogP contribution is -2.45. The van der Waals surface area contributed by atoms with Gasteiger partial charge in [-0.15, -0.1) is 24.0 Å². The maximum Gasteiger partial charge on any atom is 0.191 e. The molecule has 27 heavy (non-hydrogen) atoms. The summed E-state index contributed by atoms with van der Waals surface area (Å²) in [4.78, 5) is 13.9. The van der Waals surface area contributed by atoms with Gasteiger partial charge in [0.05, 0.1) is 11.6 Å². The summed E-state index contributed by atoms with van der Waals surface area (Å²) >= 11 is 6.28. The van der Waals surface area contributed by atoms with E-state index in [1.807, 2.05) is 12.1 Å². The summed E-state index contributed by atoms with van der Waals surface area (Å²) in [5.74, 6) is 1.76. The number of guanidine groups is 1. The number of likely N-dealkylation sites (N-methyl/N-ethyl adjacent to an activating group) is 1. The summed E-state index contributed by atoms with van der Waals surface area (Å²) < 4.78 is 0. The lowest BCUT2D eigenvalue weighted by Gasteiger charge is -2.25. The van der Waals surface area contributed by atoms with Crippen molar-refractivity contribution < 1.29 is 0 Å². The second kappa shape index (κ2) is 12.6. The minimum Gasteiger partial charge on any atom is -0.357 e. The van der Waals surface area contributed by atoms with Crippen LogP contribution in [0.25, 0.3) is 0 Å². The van der Waals surface area contributed by atoms with Crippen LogP contribution in [-0.2, 0) is 0 Å². The van der Waals surface area contributed by atoms with E-state index in [-0.39, 0.29) is 24.0 Å². The van der Waals surface area contributed by atoms with Crippen LogP contribution in [0.5, 0.6) is 0 Å². The van der Waals surface area contributed by atoms with E-state index in [4.69, 9.17) is 16.6 Å². The monoisotopic (exact) mass is 508 g/mol. The highest BCUT2D eigenvalue weighted by molar-refractivity contribution is 14.0. The van der Waals surface area contributed by atoms with Crippen molar-refractivity contribution >= 4 is 47.4 Å². The molecule has 2 N–H and O–H groups in total. The van der Waals surface area contributed by atoms with Crippen molar-refractivity contribution in [2.45, 2.75) is 46.2 Å². The molecule has 8 heteroatoms. The van der Waals surface area contributed by atoms with Gasteiger partial charge in [-0.1, -0.05) is 25.4 Å². The van der Waals surface area contributed by atoms with E-state index in [0.29, 0.717) is 17.1 Å². The van der Waals surface area contributed by atoms with Gasteiger partial charge in [-0.3, -0.25) is 9.89 Å². The van der Waals surface area contributed by atoms with Crippen LogP contribution in [0.2, 0.25) is 5.02 Å². The van der Waals surface area contributed by atoms with Crippen molar-refractivity contribution in [2.75, 3.05) is 44.2 Å². The van der Waals surface area contributed by atoms with Crippen LogP contribution >= 0.6 is 35.6 Å². The van der Waals surface area contributed by atoms with Gasteiger partial charge in [0.25, 0.3) is 0 Å². The molecule has 1 saturated heterocycles. The quantitative estimate of drug-likeness (QED) is 0.321. The van der Waals surface area contributed by atoms with E-state index < -0.39 is 0 Å². The van der Waals surface area contributed by atoms with Crippen LogP contribution in [-0.4, -0.2) is 67.2 Å². The molecule has 1 aromatic heterocycles. The Morgan fingerprint density at radius 2 is 2.15 bits per heavy atom. The number of nitrogens with one attached hydrogen (secondary N) is 2. The third-order valence-electron chi connectivity index (χ3n) is 4.86. The lowest BCUT2D eigenvalue weighted by atomic mass is 10.2. The number of halogens is 2. The van der Waals surface area contributed by atoms with Gasteiger partial charge in [-0.05, 0) is 45.5 Å². The van der Waals surface area contributed by atoms with Gasteiger partial charge in [0.1, 0.15) is 5.82 Å². The van der Waals surface area contributed by atoms with E-state index in [9.17, 15) is 0 Å². The van der Waals surface area contributed by atoms with Gasteiger partial charge < -0.3 is 15.5 Å². The topological polar surface area (TPSA) is 55.8 Å². The molecule has 0 aliphatic carbocycles. The molecule has 1 aliphatic rings. The first kappa shape index (κ1) is 24.2. The lowest BCUT2D eigenvalue weighted by molar-refractivity contribution is 0.237.